The van der Waals surface area contributed by atoms with Crippen molar-refractivity contribution >= 4 is 11.8 Å². The number of hydrogen-bond donors (Lipinski definition) is 2. The van der Waals surface area contributed by atoms with Crippen molar-refractivity contribution < 1.29 is 33.0 Å². The predicted octanol–water partition coefficient (Wildman–Crippen LogP) is 1.51. The van der Waals surface area contributed by atoms with Crippen molar-refractivity contribution in [1.82, 2.24) is 14.8 Å². The van der Waals surface area contributed by atoms with Gasteiger partial charge in [-0.25, -0.2) is 8.78 Å². The molecule has 1 aromatic carbocycles. The lowest BCUT2D eigenvalue weighted by Gasteiger charge is -2.50. The zero-order chi connectivity index (χ0) is 24.0. The van der Waals surface area contributed by atoms with Crippen LogP contribution in [0.25, 0.3) is 0 Å². The van der Waals surface area contributed by atoms with E-state index in [4.69, 9.17) is 9.47 Å². The fourth-order valence-electron chi connectivity index (χ4n) is 4.78. The molecule has 1 spiro atoms. The maximum atomic E-state index is 13.9. The van der Waals surface area contributed by atoms with Gasteiger partial charge in [-0.3, -0.25) is 14.4 Å². The Balaban J connectivity index is 1.40. The molecule has 11 heteroatoms. The van der Waals surface area contributed by atoms with Crippen LogP contribution < -0.4 is 10.7 Å². The second kappa shape index (κ2) is 8.48. The van der Waals surface area contributed by atoms with Gasteiger partial charge < -0.3 is 29.4 Å². The minimum absolute atomic E-state index is 0.0280. The Hall–Kier alpha value is -3.31. The summed E-state index contributed by atoms with van der Waals surface area (Å²) in [7, 11) is 0. The van der Waals surface area contributed by atoms with E-state index in [9.17, 15) is 28.3 Å². The number of halogens is 2. The molecule has 5 rings (SSSR count). The van der Waals surface area contributed by atoms with Crippen LogP contribution in [0.15, 0.2) is 29.2 Å². The van der Waals surface area contributed by atoms with E-state index in [-0.39, 0.29) is 24.3 Å². The van der Waals surface area contributed by atoms with E-state index < -0.39 is 52.0 Å². The van der Waals surface area contributed by atoms with Gasteiger partial charge in [0.15, 0.2) is 17.7 Å². The summed E-state index contributed by atoms with van der Waals surface area (Å²) in [4.78, 5) is 40.0. The number of amides is 2. The van der Waals surface area contributed by atoms with Gasteiger partial charge in [0.05, 0.1) is 12.1 Å². The van der Waals surface area contributed by atoms with Gasteiger partial charge in [-0.2, -0.15) is 0 Å². The standard InChI is InChI=1S/C23H23F2N3O6/c24-14-2-1-13(16(25)9-14)10-26-21(31)15-11-27-12-17-28(22(32)18(27)20(30)19(15)29)6-3-23(34-17)4-7-33-8-5-23/h1-2,9,11,17,30H,3-8,10,12H2,(H,26,31). The third kappa shape index (κ3) is 3.84. The number of hydrogen-bond acceptors (Lipinski definition) is 6. The average Bonchev–Trinajstić information content (AvgIpc) is 2.81. The molecule has 0 saturated carbocycles. The molecule has 0 radical (unpaired) electrons. The van der Waals surface area contributed by atoms with Crippen molar-refractivity contribution in [3.63, 3.8) is 0 Å². The second-order valence-corrected chi connectivity index (χ2v) is 8.76. The molecule has 3 aliphatic heterocycles. The van der Waals surface area contributed by atoms with E-state index in [1.807, 2.05) is 0 Å². The number of rotatable bonds is 3. The van der Waals surface area contributed by atoms with Crippen molar-refractivity contribution in [2.75, 3.05) is 19.8 Å². The monoisotopic (exact) mass is 475 g/mol. The molecule has 34 heavy (non-hydrogen) atoms. The second-order valence-electron chi connectivity index (χ2n) is 8.76. The average molecular weight is 475 g/mol. The molecule has 2 N–H and O–H groups in total. The number of ether oxygens (including phenoxy) is 2. The van der Waals surface area contributed by atoms with Crippen LogP contribution in [-0.2, 0) is 22.6 Å². The summed E-state index contributed by atoms with van der Waals surface area (Å²) in [6, 6.07) is 2.92. The van der Waals surface area contributed by atoms with Crippen LogP contribution in [0.5, 0.6) is 5.75 Å². The summed E-state index contributed by atoms with van der Waals surface area (Å²) in [5.41, 5.74) is -1.97. The van der Waals surface area contributed by atoms with Gasteiger partial charge in [0, 0.05) is 57.0 Å². The van der Waals surface area contributed by atoms with E-state index in [1.165, 1.54) is 21.7 Å². The topological polar surface area (TPSA) is 110 Å². The lowest BCUT2D eigenvalue weighted by molar-refractivity contribution is -0.216. The highest BCUT2D eigenvalue weighted by Gasteiger charge is 2.46. The largest absolute Gasteiger partial charge is 0.503 e. The van der Waals surface area contributed by atoms with Crippen LogP contribution in [0.4, 0.5) is 8.78 Å². The number of aromatic hydroxyl groups is 1. The molecule has 2 fully saturated rings. The summed E-state index contributed by atoms with van der Waals surface area (Å²) in [6.07, 6.45) is 2.64. The first-order chi connectivity index (χ1) is 16.3. The van der Waals surface area contributed by atoms with Crippen LogP contribution in [0.2, 0.25) is 0 Å². The van der Waals surface area contributed by atoms with Crippen LogP contribution in [0.1, 0.15) is 45.7 Å². The smallest absolute Gasteiger partial charge is 0.276 e. The molecule has 4 heterocycles. The van der Waals surface area contributed by atoms with Crippen molar-refractivity contribution in [3.8, 4) is 5.75 Å². The first-order valence-corrected chi connectivity index (χ1v) is 11.0. The molecule has 3 aliphatic rings. The van der Waals surface area contributed by atoms with E-state index >= 15 is 0 Å². The zero-order valence-electron chi connectivity index (χ0n) is 18.2. The lowest BCUT2D eigenvalue weighted by atomic mass is 9.88. The van der Waals surface area contributed by atoms with Gasteiger partial charge in [-0.05, 0) is 12.5 Å². The first-order valence-electron chi connectivity index (χ1n) is 11.0. The highest BCUT2D eigenvalue weighted by molar-refractivity contribution is 5.99. The summed E-state index contributed by atoms with van der Waals surface area (Å²) in [5, 5.41) is 12.9. The number of pyridine rings is 1. The van der Waals surface area contributed by atoms with Crippen molar-refractivity contribution in [2.45, 2.75) is 44.2 Å². The normalized spacial score (nSPS) is 21.2. The van der Waals surface area contributed by atoms with Crippen LogP contribution in [0, 0.1) is 11.6 Å². The Morgan fingerprint density at radius 3 is 2.71 bits per heavy atom. The molecule has 1 unspecified atom stereocenters. The molecule has 2 aromatic rings. The molecule has 9 nitrogen and oxygen atoms in total. The number of aromatic nitrogens is 1. The molecule has 1 aromatic heterocycles. The summed E-state index contributed by atoms with van der Waals surface area (Å²) in [6.45, 7) is 1.40. The number of fused-ring (bicyclic) bond motifs is 2. The summed E-state index contributed by atoms with van der Waals surface area (Å²) >= 11 is 0. The Labute approximate surface area is 192 Å². The Bertz CT molecular complexity index is 1220. The predicted molar refractivity (Wildman–Crippen MR) is 113 cm³/mol. The Morgan fingerprint density at radius 1 is 1.21 bits per heavy atom. The molecule has 2 amide bonds. The Morgan fingerprint density at radius 2 is 1.97 bits per heavy atom. The number of carbonyl (C=O) groups is 2. The van der Waals surface area contributed by atoms with Crippen molar-refractivity contribution in [1.29, 1.82) is 0 Å². The highest BCUT2D eigenvalue weighted by atomic mass is 19.1. The fourth-order valence-corrected chi connectivity index (χ4v) is 4.78. The third-order valence-corrected chi connectivity index (χ3v) is 6.72. The van der Waals surface area contributed by atoms with Crippen LogP contribution in [0.3, 0.4) is 0 Å². The fraction of sp³-hybridized carbons (Fsp3) is 0.435. The molecule has 1 atom stereocenters. The number of carbonyl (C=O) groups excluding carboxylic acids is 2. The molecule has 0 aliphatic carbocycles. The molecular weight excluding hydrogens is 452 g/mol. The maximum Gasteiger partial charge on any atom is 0.276 e. The minimum atomic E-state index is -1.01. The highest BCUT2D eigenvalue weighted by Crippen LogP contribution is 2.38. The molecule has 180 valence electrons. The third-order valence-electron chi connectivity index (χ3n) is 6.72. The molecular formula is C23H23F2N3O6. The maximum absolute atomic E-state index is 13.9. The quantitative estimate of drug-likeness (QED) is 0.697. The van der Waals surface area contributed by atoms with Gasteiger partial charge in [0.25, 0.3) is 11.8 Å². The van der Waals surface area contributed by atoms with E-state index in [1.54, 1.807) is 0 Å². The number of nitrogens with zero attached hydrogens (tertiary/aromatic N) is 2. The van der Waals surface area contributed by atoms with Gasteiger partial charge in [-0.1, -0.05) is 6.07 Å². The van der Waals surface area contributed by atoms with E-state index in [0.717, 1.165) is 6.07 Å². The molecule has 0 bridgehead atoms. The van der Waals surface area contributed by atoms with Gasteiger partial charge >= 0.3 is 0 Å². The molecule has 2 saturated heterocycles. The lowest BCUT2D eigenvalue weighted by Crippen LogP contribution is -2.60. The zero-order valence-corrected chi connectivity index (χ0v) is 18.2. The van der Waals surface area contributed by atoms with E-state index in [0.29, 0.717) is 45.1 Å². The van der Waals surface area contributed by atoms with Crippen LogP contribution in [-0.4, -0.2) is 58.0 Å². The van der Waals surface area contributed by atoms with Crippen LogP contribution >= 0.6 is 0 Å². The number of benzene rings is 1. The van der Waals surface area contributed by atoms with Crippen molar-refractivity contribution in [3.05, 3.63) is 63.1 Å². The Kier molecular flexibility index (Phi) is 5.61. The first kappa shape index (κ1) is 22.5. The SMILES string of the molecule is O=C(NCc1ccc(F)cc1F)c1cn2c(c(O)c1=O)C(=O)N1CCC3(CCOCC3)OC1C2. The van der Waals surface area contributed by atoms with Crippen molar-refractivity contribution in [2.24, 2.45) is 0 Å². The number of nitrogens with one attached hydrogen (secondary N) is 1. The minimum Gasteiger partial charge on any atom is -0.503 e. The summed E-state index contributed by atoms with van der Waals surface area (Å²) in [5.74, 6) is -3.83. The van der Waals surface area contributed by atoms with Gasteiger partial charge in [0.1, 0.15) is 17.2 Å². The van der Waals surface area contributed by atoms with E-state index in [2.05, 4.69) is 5.32 Å². The van der Waals surface area contributed by atoms with Gasteiger partial charge in [0.2, 0.25) is 5.43 Å². The summed E-state index contributed by atoms with van der Waals surface area (Å²) < 4.78 is 40.1. The van der Waals surface area contributed by atoms with Gasteiger partial charge in [-0.15, -0.1) is 0 Å².